The molecular weight excluding hydrogens is 110 g/mol. The van der Waals surface area contributed by atoms with Crippen LogP contribution in [0, 0.1) is 0 Å². The van der Waals surface area contributed by atoms with E-state index in [4.69, 9.17) is 5.11 Å². The first-order chi connectivity index (χ1) is 3.81. The van der Waals surface area contributed by atoms with Crippen LogP contribution in [-0.2, 0) is 4.74 Å². The van der Waals surface area contributed by atoms with E-state index in [0.29, 0.717) is 0 Å². The Kier molecular flexibility index (Phi) is 3.97. The summed E-state index contributed by atoms with van der Waals surface area (Å²) >= 11 is 0. The van der Waals surface area contributed by atoms with Gasteiger partial charge in [0.25, 0.3) is 0 Å². The van der Waals surface area contributed by atoms with Gasteiger partial charge < -0.3 is 15.2 Å². The molecular formula is C4H9NO3. The third kappa shape index (κ3) is 3.42. The maximum atomic E-state index is 10.1. The molecule has 0 heterocycles. The lowest BCUT2D eigenvalue weighted by atomic mass is 10.7. The minimum atomic E-state index is -0.515. The van der Waals surface area contributed by atoms with E-state index in [1.807, 2.05) is 0 Å². The van der Waals surface area contributed by atoms with Crippen molar-refractivity contribution in [2.75, 3.05) is 20.3 Å². The fraction of sp³-hybridized carbons (Fsp3) is 0.750. The highest BCUT2D eigenvalue weighted by atomic mass is 16.5. The molecule has 0 saturated carbocycles. The maximum Gasteiger partial charge on any atom is 0.406 e. The predicted octanol–water partition coefficient (Wildman–Crippen LogP) is -0.665. The number of methoxy groups -OCH3 is 1. The highest BCUT2D eigenvalue weighted by Gasteiger charge is 1.92. The Morgan fingerprint density at radius 1 is 1.88 bits per heavy atom. The van der Waals surface area contributed by atoms with Crippen molar-refractivity contribution in [3.8, 4) is 0 Å². The Bertz CT molecular complexity index is 73.7. The number of ether oxygens (including phenoxy) is 1. The zero-order valence-electron chi connectivity index (χ0n) is 4.68. The summed E-state index contributed by atoms with van der Waals surface area (Å²) in [4.78, 5) is 10.1. The van der Waals surface area contributed by atoms with E-state index in [-0.39, 0.29) is 13.2 Å². The van der Waals surface area contributed by atoms with E-state index >= 15 is 0 Å². The minimum Gasteiger partial charge on any atom is -0.453 e. The number of aliphatic hydroxyl groups excluding tert-OH is 1. The second-order valence-corrected chi connectivity index (χ2v) is 1.14. The third-order valence-electron chi connectivity index (χ3n) is 0.567. The maximum absolute atomic E-state index is 10.1. The van der Waals surface area contributed by atoms with Gasteiger partial charge in [0.15, 0.2) is 0 Å². The van der Waals surface area contributed by atoms with E-state index in [1.165, 1.54) is 7.11 Å². The van der Waals surface area contributed by atoms with Crippen LogP contribution in [0.3, 0.4) is 0 Å². The number of carbonyl (C=O) groups is 1. The number of nitrogens with one attached hydrogen (secondary N) is 1. The molecule has 48 valence electrons. The van der Waals surface area contributed by atoms with Crippen molar-refractivity contribution in [3.63, 3.8) is 0 Å². The van der Waals surface area contributed by atoms with Crippen LogP contribution in [-0.4, -0.2) is 31.5 Å². The molecule has 4 heteroatoms. The Balaban J connectivity index is 2.99. The molecule has 0 radical (unpaired) electrons. The van der Waals surface area contributed by atoms with Crippen LogP contribution in [0.25, 0.3) is 0 Å². The normalized spacial score (nSPS) is 8.25. The number of aliphatic hydroxyl groups is 1. The van der Waals surface area contributed by atoms with E-state index in [0.717, 1.165) is 0 Å². The predicted molar refractivity (Wildman–Crippen MR) is 27.5 cm³/mol. The van der Waals surface area contributed by atoms with Crippen molar-refractivity contribution in [1.82, 2.24) is 5.32 Å². The highest BCUT2D eigenvalue weighted by Crippen LogP contribution is 1.66. The second kappa shape index (κ2) is 4.39. The molecule has 0 aromatic carbocycles. The van der Waals surface area contributed by atoms with Gasteiger partial charge in [-0.3, -0.25) is 0 Å². The molecule has 0 aromatic rings. The molecule has 0 fully saturated rings. The van der Waals surface area contributed by atoms with Crippen LogP contribution in [0.1, 0.15) is 0 Å². The molecule has 0 spiro atoms. The topological polar surface area (TPSA) is 58.6 Å². The lowest BCUT2D eigenvalue weighted by Gasteiger charge is -1.97. The van der Waals surface area contributed by atoms with Crippen molar-refractivity contribution >= 4 is 6.09 Å². The molecule has 0 aliphatic heterocycles. The monoisotopic (exact) mass is 119 g/mol. The first-order valence-electron chi connectivity index (χ1n) is 2.24. The van der Waals surface area contributed by atoms with Crippen LogP contribution in [0.2, 0.25) is 0 Å². The summed E-state index contributed by atoms with van der Waals surface area (Å²) in [6.45, 7) is 0.182. The van der Waals surface area contributed by atoms with E-state index < -0.39 is 6.09 Å². The lowest BCUT2D eigenvalue weighted by Crippen LogP contribution is -2.25. The molecule has 2 N–H and O–H groups in total. The molecule has 1 amide bonds. The zero-order valence-corrected chi connectivity index (χ0v) is 4.68. The minimum absolute atomic E-state index is 0.0604. The van der Waals surface area contributed by atoms with Crippen LogP contribution in [0.15, 0.2) is 0 Å². The number of amides is 1. The number of carbonyl (C=O) groups excluding carboxylic acids is 1. The van der Waals surface area contributed by atoms with Crippen molar-refractivity contribution in [3.05, 3.63) is 0 Å². The average molecular weight is 119 g/mol. The molecule has 0 bridgehead atoms. The Morgan fingerprint density at radius 2 is 2.50 bits per heavy atom. The lowest BCUT2D eigenvalue weighted by molar-refractivity contribution is 0.167. The quantitative estimate of drug-likeness (QED) is 0.507. The molecule has 0 aromatic heterocycles. The number of hydrogen-bond acceptors (Lipinski definition) is 3. The second-order valence-electron chi connectivity index (χ2n) is 1.14. The smallest absolute Gasteiger partial charge is 0.406 e. The summed E-state index contributed by atoms with van der Waals surface area (Å²) < 4.78 is 4.19. The van der Waals surface area contributed by atoms with E-state index in [2.05, 4.69) is 10.1 Å². The zero-order chi connectivity index (χ0) is 6.41. The van der Waals surface area contributed by atoms with Gasteiger partial charge in [0.05, 0.1) is 13.7 Å². The Hall–Kier alpha value is -0.770. The highest BCUT2D eigenvalue weighted by molar-refractivity contribution is 5.66. The number of hydrogen-bond donors (Lipinski definition) is 2. The average Bonchev–Trinajstić information content (AvgIpc) is 1.83. The van der Waals surface area contributed by atoms with E-state index in [9.17, 15) is 4.79 Å². The molecule has 0 atom stereocenters. The number of rotatable bonds is 2. The molecule has 0 rings (SSSR count). The SMILES string of the molecule is COC(=O)NCCO. The molecule has 0 unspecified atom stereocenters. The first-order valence-corrected chi connectivity index (χ1v) is 2.24. The van der Waals surface area contributed by atoms with Gasteiger partial charge in [-0.1, -0.05) is 0 Å². The summed E-state index contributed by atoms with van der Waals surface area (Å²) in [6.07, 6.45) is -0.515. The van der Waals surface area contributed by atoms with Crippen molar-refractivity contribution in [1.29, 1.82) is 0 Å². The summed E-state index contributed by atoms with van der Waals surface area (Å²) in [6, 6.07) is 0. The summed E-state index contributed by atoms with van der Waals surface area (Å²) in [5.74, 6) is 0. The summed E-state index contributed by atoms with van der Waals surface area (Å²) in [7, 11) is 1.27. The fourth-order valence-electron chi connectivity index (χ4n) is 0.230. The third-order valence-corrected chi connectivity index (χ3v) is 0.567. The van der Waals surface area contributed by atoms with Crippen molar-refractivity contribution < 1.29 is 14.6 Å². The van der Waals surface area contributed by atoms with Gasteiger partial charge in [0, 0.05) is 6.54 Å². The largest absolute Gasteiger partial charge is 0.453 e. The van der Waals surface area contributed by atoms with Crippen LogP contribution in [0.5, 0.6) is 0 Å². The molecule has 4 nitrogen and oxygen atoms in total. The molecule has 0 aliphatic carbocycles. The molecule has 0 saturated heterocycles. The van der Waals surface area contributed by atoms with Gasteiger partial charge in [0.2, 0.25) is 0 Å². The van der Waals surface area contributed by atoms with Gasteiger partial charge >= 0.3 is 6.09 Å². The van der Waals surface area contributed by atoms with Gasteiger partial charge in [0.1, 0.15) is 0 Å². The van der Waals surface area contributed by atoms with Gasteiger partial charge in [-0.25, -0.2) is 4.79 Å². The van der Waals surface area contributed by atoms with Crippen LogP contribution >= 0.6 is 0 Å². The van der Waals surface area contributed by atoms with Gasteiger partial charge in [-0.15, -0.1) is 0 Å². The Labute approximate surface area is 47.5 Å². The standard InChI is InChI=1S/C4H9NO3/c1-8-4(7)5-2-3-6/h6H,2-3H2,1H3,(H,5,7). The van der Waals surface area contributed by atoms with Gasteiger partial charge in [-0.2, -0.15) is 0 Å². The van der Waals surface area contributed by atoms with Crippen molar-refractivity contribution in [2.24, 2.45) is 0 Å². The van der Waals surface area contributed by atoms with Crippen LogP contribution in [0.4, 0.5) is 4.79 Å². The number of alkyl carbamates (subject to hydrolysis) is 1. The fourth-order valence-corrected chi connectivity index (χ4v) is 0.230. The van der Waals surface area contributed by atoms with Gasteiger partial charge in [-0.05, 0) is 0 Å². The molecule has 0 aliphatic rings. The molecule has 8 heavy (non-hydrogen) atoms. The van der Waals surface area contributed by atoms with E-state index in [1.54, 1.807) is 0 Å². The first kappa shape index (κ1) is 7.23. The van der Waals surface area contributed by atoms with Crippen LogP contribution < -0.4 is 5.32 Å². The Morgan fingerprint density at radius 3 is 2.88 bits per heavy atom. The summed E-state index contributed by atoms with van der Waals surface area (Å²) in [5, 5.41) is 10.4. The summed E-state index contributed by atoms with van der Waals surface area (Å²) in [5.41, 5.74) is 0. The van der Waals surface area contributed by atoms with Crippen molar-refractivity contribution in [2.45, 2.75) is 0 Å².